The Kier molecular flexibility index (Phi) is 4.99. The minimum absolute atomic E-state index is 0.0121. The standard InChI is InChI=1S/C19H21N3O4/c23-19(14-4-5-17-18(11-14)26-13-25-17)21-12-16(15-3-1-2-6-20-15)22-7-9-24-10-8-22/h1-6,11,16H,7-10,12-13H2,(H,21,23). The Labute approximate surface area is 151 Å². The molecule has 2 aliphatic rings. The zero-order valence-electron chi connectivity index (χ0n) is 14.4. The predicted octanol–water partition coefficient (Wildman–Crippen LogP) is 1.61. The van der Waals surface area contributed by atoms with Crippen LogP contribution in [0, 0.1) is 0 Å². The van der Waals surface area contributed by atoms with Crippen molar-refractivity contribution in [1.29, 1.82) is 0 Å². The van der Waals surface area contributed by atoms with Gasteiger partial charge in [-0.15, -0.1) is 0 Å². The molecule has 7 heteroatoms. The fraction of sp³-hybridized carbons (Fsp3) is 0.368. The molecule has 2 aliphatic heterocycles. The fourth-order valence-electron chi connectivity index (χ4n) is 3.21. The minimum atomic E-state index is -0.141. The number of aromatic nitrogens is 1. The van der Waals surface area contributed by atoms with Crippen LogP contribution in [0.4, 0.5) is 0 Å². The molecule has 1 aromatic heterocycles. The Balaban J connectivity index is 1.46. The number of hydrogen-bond donors (Lipinski definition) is 1. The number of nitrogens with zero attached hydrogens (tertiary/aromatic N) is 2. The molecule has 136 valence electrons. The second kappa shape index (κ2) is 7.72. The van der Waals surface area contributed by atoms with Gasteiger partial charge in [0.25, 0.3) is 5.91 Å². The number of ether oxygens (including phenoxy) is 3. The van der Waals surface area contributed by atoms with Crippen molar-refractivity contribution < 1.29 is 19.0 Å². The maximum Gasteiger partial charge on any atom is 0.251 e. The first-order chi connectivity index (χ1) is 12.8. The maximum absolute atomic E-state index is 12.6. The lowest BCUT2D eigenvalue weighted by Crippen LogP contribution is -2.44. The number of hydrogen-bond acceptors (Lipinski definition) is 6. The molecule has 7 nitrogen and oxygen atoms in total. The van der Waals surface area contributed by atoms with Gasteiger partial charge in [0.2, 0.25) is 6.79 Å². The van der Waals surface area contributed by atoms with E-state index >= 15 is 0 Å². The molecule has 1 unspecified atom stereocenters. The number of morpholine rings is 1. The smallest absolute Gasteiger partial charge is 0.251 e. The lowest BCUT2D eigenvalue weighted by atomic mass is 10.1. The number of benzene rings is 1. The Morgan fingerprint density at radius 3 is 2.81 bits per heavy atom. The summed E-state index contributed by atoms with van der Waals surface area (Å²) in [6.45, 7) is 3.70. The second-order valence-corrected chi connectivity index (χ2v) is 6.20. The normalized spacial score (nSPS) is 17.7. The molecule has 2 aromatic rings. The third kappa shape index (κ3) is 3.63. The fourth-order valence-corrected chi connectivity index (χ4v) is 3.21. The molecule has 0 spiro atoms. The van der Waals surface area contributed by atoms with Gasteiger partial charge in [-0.25, -0.2) is 0 Å². The first-order valence-corrected chi connectivity index (χ1v) is 8.72. The molecule has 0 aliphatic carbocycles. The molecule has 26 heavy (non-hydrogen) atoms. The van der Waals surface area contributed by atoms with Crippen LogP contribution >= 0.6 is 0 Å². The highest BCUT2D eigenvalue weighted by molar-refractivity contribution is 5.94. The van der Waals surface area contributed by atoms with Crippen LogP contribution in [-0.2, 0) is 4.74 Å². The molecule has 1 N–H and O–H groups in total. The van der Waals surface area contributed by atoms with Gasteiger partial charge in [-0.1, -0.05) is 6.07 Å². The van der Waals surface area contributed by atoms with E-state index in [2.05, 4.69) is 15.2 Å². The van der Waals surface area contributed by atoms with E-state index in [1.807, 2.05) is 18.2 Å². The van der Waals surface area contributed by atoms with E-state index < -0.39 is 0 Å². The summed E-state index contributed by atoms with van der Waals surface area (Å²) in [7, 11) is 0. The van der Waals surface area contributed by atoms with E-state index in [9.17, 15) is 4.79 Å². The van der Waals surface area contributed by atoms with Crippen molar-refractivity contribution in [2.24, 2.45) is 0 Å². The summed E-state index contributed by atoms with van der Waals surface area (Å²) in [5.74, 6) is 1.13. The van der Waals surface area contributed by atoms with E-state index in [-0.39, 0.29) is 18.7 Å². The minimum Gasteiger partial charge on any atom is -0.454 e. The number of carbonyl (C=O) groups is 1. The second-order valence-electron chi connectivity index (χ2n) is 6.20. The number of rotatable bonds is 5. The third-order valence-corrected chi connectivity index (χ3v) is 4.61. The average molecular weight is 355 g/mol. The van der Waals surface area contributed by atoms with Gasteiger partial charge in [-0.3, -0.25) is 14.7 Å². The zero-order valence-corrected chi connectivity index (χ0v) is 14.4. The lowest BCUT2D eigenvalue weighted by Gasteiger charge is -2.34. The van der Waals surface area contributed by atoms with Crippen LogP contribution in [0.15, 0.2) is 42.6 Å². The van der Waals surface area contributed by atoms with Crippen molar-refractivity contribution in [3.8, 4) is 11.5 Å². The number of carbonyl (C=O) groups excluding carboxylic acids is 1. The molecular formula is C19H21N3O4. The highest BCUT2D eigenvalue weighted by Crippen LogP contribution is 2.32. The van der Waals surface area contributed by atoms with Crippen LogP contribution < -0.4 is 14.8 Å². The summed E-state index contributed by atoms with van der Waals surface area (Å²) in [6.07, 6.45) is 1.78. The SMILES string of the molecule is O=C(NCC(c1ccccn1)N1CCOCC1)c1ccc2c(c1)OCO2. The molecule has 1 fully saturated rings. The summed E-state index contributed by atoms with van der Waals surface area (Å²) in [4.78, 5) is 19.4. The summed E-state index contributed by atoms with van der Waals surface area (Å²) in [6, 6.07) is 11.1. The number of amides is 1. The van der Waals surface area contributed by atoms with Crippen LogP contribution in [0.5, 0.6) is 11.5 Å². The molecular weight excluding hydrogens is 334 g/mol. The Hall–Kier alpha value is -2.64. The van der Waals surface area contributed by atoms with Gasteiger partial charge in [0.15, 0.2) is 11.5 Å². The summed E-state index contributed by atoms with van der Waals surface area (Å²) in [5.41, 5.74) is 1.50. The quantitative estimate of drug-likeness (QED) is 0.879. The van der Waals surface area contributed by atoms with Crippen LogP contribution in [0.1, 0.15) is 22.1 Å². The molecule has 1 aromatic carbocycles. The molecule has 0 saturated carbocycles. The third-order valence-electron chi connectivity index (χ3n) is 4.61. The van der Waals surface area contributed by atoms with Crippen molar-refractivity contribution in [3.05, 3.63) is 53.9 Å². The van der Waals surface area contributed by atoms with Crippen LogP contribution in [0.2, 0.25) is 0 Å². The Morgan fingerprint density at radius 1 is 1.15 bits per heavy atom. The summed E-state index contributed by atoms with van der Waals surface area (Å²) in [5, 5.41) is 3.03. The Morgan fingerprint density at radius 2 is 2.00 bits per heavy atom. The average Bonchev–Trinajstić information content (AvgIpc) is 3.17. The van der Waals surface area contributed by atoms with Gasteiger partial charge >= 0.3 is 0 Å². The first kappa shape index (κ1) is 16.8. The molecule has 0 radical (unpaired) electrons. The largest absolute Gasteiger partial charge is 0.454 e. The van der Waals surface area contributed by atoms with E-state index in [4.69, 9.17) is 14.2 Å². The van der Waals surface area contributed by atoms with Crippen molar-refractivity contribution in [1.82, 2.24) is 15.2 Å². The number of nitrogens with one attached hydrogen (secondary N) is 1. The zero-order chi connectivity index (χ0) is 17.8. The van der Waals surface area contributed by atoms with Gasteiger partial charge in [0.1, 0.15) is 0 Å². The Bertz CT molecular complexity index is 763. The highest BCUT2D eigenvalue weighted by Gasteiger charge is 2.24. The van der Waals surface area contributed by atoms with E-state index in [1.165, 1.54) is 0 Å². The summed E-state index contributed by atoms with van der Waals surface area (Å²) >= 11 is 0. The van der Waals surface area contributed by atoms with Gasteiger partial charge < -0.3 is 19.5 Å². The van der Waals surface area contributed by atoms with Gasteiger partial charge in [-0.2, -0.15) is 0 Å². The van der Waals surface area contributed by atoms with Crippen molar-refractivity contribution in [3.63, 3.8) is 0 Å². The number of fused-ring (bicyclic) bond motifs is 1. The van der Waals surface area contributed by atoms with E-state index in [0.717, 1.165) is 18.8 Å². The molecule has 1 saturated heterocycles. The van der Waals surface area contributed by atoms with Gasteiger partial charge in [0.05, 0.1) is 24.9 Å². The van der Waals surface area contributed by atoms with Gasteiger partial charge in [-0.05, 0) is 30.3 Å². The predicted molar refractivity (Wildman–Crippen MR) is 94.3 cm³/mol. The van der Waals surface area contributed by atoms with E-state index in [0.29, 0.717) is 36.8 Å². The highest BCUT2D eigenvalue weighted by atomic mass is 16.7. The molecule has 1 atom stereocenters. The summed E-state index contributed by atoms with van der Waals surface area (Å²) < 4.78 is 16.1. The molecule has 4 rings (SSSR count). The van der Waals surface area contributed by atoms with Crippen LogP contribution in [0.3, 0.4) is 0 Å². The van der Waals surface area contributed by atoms with E-state index in [1.54, 1.807) is 24.4 Å². The molecule has 0 bridgehead atoms. The van der Waals surface area contributed by atoms with Crippen molar-refractivity contribution >= 4 is 5.91 Å². The maximum atomic E-state index is 12.6. The topological polar surface area (TPSA) is 72.9 Å². The lowest BCUT2D eigenvalue weighted by molar-refractivity contribution is 0.0154. The number of pyridine rings is 1. The first-order valence-electron chi connectivity index (χ1n) is 8.72. The molecule has 3 heterocycles. The van der Waals surface area contributed by atoms with Gasteiger partial charge in [0, 0.05) is 31.4 Å². The monoisotopic (exact) mass is 355 g/mol. The van der Waals surface area contributed by atoms with Crippen LogP contribution in [-0.4, -0.2) is 55.4 Å². The molecule has 1 amide bonds. The van der Waals surface area contributed by atoms with Crippen molar-refractivity contribution in [2.45, 2.75) is 6.04 Å². The van der Waals surface area contributed by atoms with Crippen LogP contribution in [0.25, 0.3) is 0 Å². The van der Waals surface area contributed by atoms with Crippen molar-refractivity contribution in [2.75, 3.05) is 39.6 Å².